The van der Waals surface area contributed by atoms with E-state index in [9.17, 15) is 0 Å². The third-order valence-electron chi connectivity index (χ3n) is 5.23. The molecule has 0 aromatic heterocycles. The minimum absolute atomic E-state index is 1.03. The van der Waals surface area contributed by atoms with Crippen LogP contribution in [0.1, 0.15) is 0 Å². The highest BCUT2D eigenvalue weighted by molar-refractivity contribution is 6.89. The van der Waals surface area contributed by atoms with Crippen molar-refractivity contribution in [2.24, 2.45) is 0 Å². The van der Waals surface area contributed by atoms with Crippen LogP contribution in [0.3, 0.4) is 0 Å². The van der Waals surface area contributed by atoms with Crippen LogP contribution >= 0.6 is 0 Å². The highest BCUT2D eigenvalue weighted by Crippen LogP contribution is 2.19. The van der Waals surface area contributed by atoms with Crippen LogP contribution in [-0.2, 0) is 0 Å². The molecule has 0 aromatic rings. The van der Waals surface area contributed by atoms with Crippen LogP contribution in [0.15, 0.2) is 0 Å². The SMILES string of the molecule is CN(CCN1CNCN(CCN([Si](C)(C)C)[Si](C)(C)C)C1)[Si](C)(C)C. The van der Waals surface area contributed by atoms with Crippen LogP contribution in [-0.4, -0.2) is 96.5 Å². The van der Waals surface area contributed by atoms with Crippen LogP contribution in [0.5, 0.6) is 0 Å². The normalized spacial score (nSPS) is 19.2. The maximum Gasteiger partial charge on any atom is 0.118 e. The molecule has 5 nitrogen and oxygen atoms in total. The van der Waals surface area contributed by atoms with Gasteiger partial charge in [-0.3, -0.25) is 15.1 Å². The molecular formula is C17H45N5Si3. The number of hydrogen-bond acceptors (Lipinski definition) is 5. The zero-order valence-corrected chi connectivity index (χ0v) is 21.7. The van der Waals surface area contributed by atoms with Crippen LogP contribution in [0, 0.1) is 0 Å². The van der Waals surface area contributed by atoms with Crippen LogP contribution in [0.25, 0.3) is 0 Å². The third kappa shape index (κ3) is 8.34. The van der Waals surface area contributed by atoms with Crippen molar-refractivity contribution in [3.8, 4) is 0 Å². The van der Waals surface area contributed by atoms with Crippen molar-refractivity contribution in [1.82, 2.24) is 23.9 Å². The molecule has 8 heteroatoms. The smallest absolute Gasteiger partial charge is 0.118 e. The molecule has 0 unspecified atom stereocenters. The minimum atomic E-state index is -1.24. The molecule has 1 heterocycles. The van der Waals surface area contributed by atoms with Gasteiger partial charge >= 0.3 is 0 Å². The van der Waals surface area contributed by atoms with Gasteiger partial charge in [0, 0.05) is 19.6 Å². The Kier molecular flexibility index (Phi) is 8.55. The minimum Gasteiger partial charge on any atom is -0.345 e. The summed E-state index contributed by atoms with van der Waals surface area (Å²) in [4.78, 5) is 5.15. The molecule has 0 amide bonds. The molecule has 25 heavy (non-hydrogen) atoms. The predicted octanol–water partition coefficient (Wildman–Crippen LogP) is 2.80. The number of rotatable bonds is 9. The van der Waals surface area contributed by atoms with Crippen molar-refractivity contribution >= 4 is 24.7 Å². The zero-order valence-electron chi connectivity index (χ0n) is 18.7. The maximum absolute atomic E-state index is 3.60. The molecule has 0 saturated carbocycles. The monoisotopic (exact) mass is 403 g/mol. The van der Waals surface area contributed by atoms with Crippen molar-refractivity contribution < 1.29 is 0 Å². The summed E-state index contributed by atoms with van der Waals surface area (Å²) in [6, 6.07) is 0. The highest BCUT2D eigenvalue weighted by atomic mass is 28.4. The molecule has 0 atom stereocenters. The van der Waals surface area contributed by atoms with E-state index in [1.165, 1.54) is 19.6 Å². The van der Waals surface area contributed by atoms with Gasteiger partial charge in [0.25, 0.3) is 0 Å². The van der Waals surface area contributed by atoms with Gasteiger partial charge in [-0.15, -0.1) is 0 Å². The molecule has 0 radical (unpaired) electrons. The summed E-state index contributed by atoms with van der Waals surface area (Å²) in [6.45, 7) is 30.2. The molecule has 1 N–H and O–H groups in total. The molecule has 1 aliphatic heterocycles. The number of nitrogens with zero attached hydrogens (tertiary/aromatic N) is 4. The molecule has 1 fully saturated rings. The first-order chi connectivity index (χ1) is 11.2. The molecule has 0 aromatic carbocycles. The van der Waals surface area contributed by atoms with Gasteiger partial charge in [-0.05, 0) is 13.6 Å². The first-order valence-corrected chi connectivity index (χ1v) is 20.2. The summed E-state index contributed by atoms with van der Waals surface area (Å²) < 4.78 is 5.49. The van der Waals surface area contributed by atoms with Crippen molar-refractivity contribution in [2.45, 2.75) is 58.9 Å². The van der Waals surface area contributed by atoms with E-state index >= 15 is 0 Å². The van der Waals surface area contributed by atoms with E-state index in [1.54, 1.807) is 0 Å². The van der Waals surface area contributed by atoms with Gasteiger partial charge in [-0.2, -0.15) is 0 Å². The molecule has 0 bridgehead atoms. The first kappa shape index (κ1) is 23.5. The maximum atomic E-state index is 3.60. The number of likely N-dealkylation sites (N-methyl/N-ethyl adjacent to an activating group) is 1. The van der Waals surface area contributed by atoms with Gasteiger partial charge in [0.2, 0.25) is 0 Å². The van der Waals surface area contributed by atoms with Gasteiger partial charge in [0.1, 0.15) is 24.7 Å². The fraction of sp³-hybridized carbons (Fsp3) is 1.00. The second-order valence-corrected chi connectivity index (χ2v) is 25.9. The molecule has 1 rings (SSSR count). The van der Waals surface area contributed by atoms with E-state index in [0.717, 1.165) is 26.6 Å². The third-order valence-corrected chi connectivity index (χ3v) is 15.5. The fourth-order valence-electron chi connectivity index (χ4n) is 3.59. The van der Waals surface area contributed by atoms with Gasteiger partial charge in [0.05, 0.1) is 20.0 Å². The summed E-state index contributed by atoms with van der Waals surface area (Å²) in [5.41, 5.74) is 0. The Hall–Kier alpha value is 0.451. The lowest BCUT2D eigenvalue weighted by atomic mass is 10.4. The lowest BCUT2D eigenvalue weighted by Gasteiger charge is -2.45. The second kappa shape index (κ2) is 9.09. The number of nitrogens with one attached hydrogen (secondary N) is 1. The van der Waals surface area contributed by atoms with Crippen molar-refractivity contribution in [2.75, 3.05) is 53.2 Å². The van der Waals surface area contributed by atoms with E-state index in [1.807, 2.05) is 0 Å². The van der Waals surface area contributed by atoms with Crippen LogP contribution in [0.4, 0.5) is 0 Å². The Balaban J connectivity index is 2.50. The highest BCUT2D eigenvalue weighted by Gasteiger charge is 2.34. The molecule has 0 aliphatic carbocycles. The average molecular weight is 404 g/mol. The van der Waals surface area contributed by atoms with Crippen LogP contribution in [0.2, 0.25) is 58.9 Å². The largest absolute Gasteiger partial charge is 0.345 e. The predicted molar refractivity (Wildman–Crippen MR) is 121 cm³/mol. The summed E-state index contributed by atoms with van der Waals surface area (Å²) in [5, 5.41) is 3.60. The molecule has 0 spiro atoms. The lowest BCUT2D eigenvalue weighted by molar-refractivity contribution is 0.0622. The summed E-state index contributed by atoms with van der Waals surface area (Å²) in [5.74, 6) is 0. The van der Waals surface area contributed by atoms with E-state index in [0.29, 0.717) is 0 Å². The van der Waals surface area contributed by atoms with Gasteiger partial charge in [-0.1, -0.05) is 58.9 Å². The van der Waals surface area contributed by atoms with E-state index < -0.39 is 24.7 Å². The molecule has 150 valence electrons. The van der Waals surface area contributed by atoms with E-state index in [2.05, 4.69) is 89.9 Å². The second-order valence-electron chi connectivity index (χ2n) is 10.6. The zero-order chi connectivity index (χ0) is 19.5. The van der Waals surface area contributed by atoms with Gasteiger partial charge < -0.3 is 8.80 Å². The van der Waals surface area contributed by atoms with Crippen molar-refractivity contribution in [1.29, 1.82) is 0 Å². The molecule has 1 saturated heterocycles. The summed E-state index contributed by atoms with van der Waals surface area (Å²) in [7, 11) is -1.35. The Morgan fingerprint density at radius 3 is 1.56 bits per heavy atom. The van der Waals surface area contributed by atoms with Crippen LogP contribution < -0.4 is 5.32 Å². The Labute approximate surface area is 161 Å². The fourth-order valence-corrected chi connectivity index (χ4v) is 14.0. The van der Waals surface area contributed by atoms with Crippen molar-refractivity contribution in [3.05, 3.63) is 0 Å². The van der Waals surface area contributed by atoms with Gasteiger partial charge in [0.15, 0.2) is 0 Å². The summed E-state index contributed by atoms with van der Waals surface area (Å²) in [6.07, 6.45) is 0. The first-order valence-electron chi connectivity index (χ1n) is 9.85. The lowest BCUT2D eigenvalue weighted by Crippen LogP contribution is -2.62. The van der Waals surface area contributed by atoms with Gasteiger partial charge in [-0.25, -0.2) is 0 Å². The Bertz CT molecular complexity index is 387. The summed E-state index contributed by atoms with van der Waals surface area (Å²) >= 11 is 0. The average Bonchev–Trinajstić information content (AvgIpc) is 2.41. The Morgan fingerprint density at radius 1 is 0.720 bits per heavy atom. The van der Waals surface area contributed by atoms with Crippen molar-refractivity contribution in [3.63, 3.8) is 0 Å². The number of hydrogen-bond donors (Lipinski definition) is 1. The van der Waals surface area contributed by atoms with E-state index in [-0.39, 0.29) is 0 Å². The topological polar surface area (TPSA) is 25.0 Å². The van der Waals surface area contributed by atoms with E-state index in [4.69, 9.17) is 0 Å². The quantitative estimate of drug-likeness (QED) is 0.597. The Morgan fingerprint density at radius 2 is 1.16 bits per heavy atom. The molecule has 1 aliphatic rings. The molecular weight excluding hydrogens is 358 g/mol. The standard InChI is InChI=1S/C17H45N5Si3/c1-19(23(2,3)4)11-12-20-15-18-16-21(17-20)13-14-22(24(5,6)7)25(8,9)10/h18H,11-17H2,1-10H3.